The van der Waals surface area contributed by atoms with E-state index in [0.29, 0.717) is 10.9 Å². The van der Waals surface area contributed by atoms with Crippen molar-refractivity contribution in [2.24, 2.45) is 0 Å². The molecule has 0 aliphatic carbocycles. The van der Waals surface area contributed by atoms with Gasteiger partial charge in [-0.2, -0.15) is 4.98 Å². The summed E-state index contributed by atoms with van der Waals surface area (Å²) >= 11 is 4.68. The summed E-state index contributed by atoms with van der Waals surface area (Å²) in [5.41, 5.74) is 2.61. The van der Waals surface area contributed by atoms with Gasteiger partial charge in [-0.25, -0.2) is 9.50 Å². The number of carbonyl (C=O) groups is 1. The zero-order valence-corrected chi connectivity index (χ0v) is 15.8. The van der Waals surface area contributed by atoms with Crippen LogP contribution in [0.3, 0.4) is 0 Å². The summed E-state index contributed by atoms with van der Waals surface area (Å²) in [5.74, 6) is 0.456. The number of rotatable bonds is 4. The van der Waals surface area contributed by atoms with E-state index in [0.717, 1.165) is 21.5 Å². The van der Waals surface area contributed by atoms with Crippen LogP contribution in [-0.4, -0.2) is 30.7 Å². The Labute approximate surface area is 152 Å². The van der Waals surface area contributed by atoms with Gasteiger partial charge in [0.1, 0.15) is 0 Å². The van der Waals surface area contributed by atoms with Crippen LogP contribution in [0.1, 0.15) is 18.3 Å². The lowest BCUT2D eigenvalue weighted by molar-refractivity contribution is -0.115. The second-order valence-electron chi connectivity index (χ2n) is 5.40. The highest BCUT2D eigenvalue weighted by molar-refractivity contribution is 9.10. The SMILES string of the molecule is Cc1cc(C)n2nc(S[C@@H](C)C(=O)Nc3ccc(Br)cc3)nc2n1. The quantitative estimate of drug-likeness (QED) is 0.670. The van der Waals surface area contributed by atoms with Crippen LogP contribution in [0, 0.1) is 13.8 Å². The number of amides is 1. The summed E-state index contributed by atoms with van der Waals surface area (Å²) in [4.78, 5) is 21.1. The summed E-state index contributed by atoms with van der Waals surface area (Å²) < 4.78 is 2.66. The smallest absolute Gasteiger partial charge is 0.253 e. The maximum Gasteiger partial charge on any atom is 0.253 e. The summed E-state index contributed by atoms with van der Waals surface area (Å²) in [6.45, 7) is 5.70. The first kappa shape index (κ1) is 16.9. The molecule has 24 heavy (non-hydrogen) atoms. The van der Waals surface area contributed by atoms with Crippen LogP contribution in [0.2, 0.25) is 0 Å². The van der Waals surface area contributed by atoms with Gasteiger partial charge < -0.3 is 5.32 Å². The number of fused-ring (bicyclic) bond motifs is 1. The van der Waals surface area contributed by atoms with E-state index in [9.17, 15) is 4.79 Å². The third-order valence-corrected chi connectivity index (χ3v) is 4.84. The standard InChI is InChI=1S/C16H16BrN5OS/c1-9-8-10(2)22-15(18-9)20-16(21-22)24-11(3)14(23)19-13-6-4-12(17)5-7-13/h4-8,11H,1-3H3,(H,19,23)/t11-/m0/s1. The van der Waals surface area contributed by atoms with E-state index in [1.807, 2.05) is 51.1 Å². The molecule has 0 aliphatic rings. The van der Waals surface area contributed by atoms with Crippen LogP contribution >= 0.6 is 27.7 Å². The minimum absolute atomic E-state index is 0.0953. The lowest BCUT2D eigenvalue weighted by Gasteiger charge is -2.10. The van der Waals surface area contributed by atoms with Gasteiger partial charge in [0.25, 0.3) is 5.78 Å². The number of carbonyl (C=O) groups excluding carboxylic acids is 1. The Kier molecular flexibility index (Phi) is 4.86. The van der Waals surface area contributed by atoms with E-state index in [-0.39, 0.29) is 11.2 Å². The van der Waals surface area contributed by atoms with Gasteiger partial charge in [0.05, 0.1) is 5.25 Å². The van der Waals surface area contributed by atoms with Gasteiger partial charge in [0, 0.05) is 21.5 Å². The highest BCUT2D eigenvalue weighted by atomic mass is 79.9. The number of hydrogen-bond donors (Lipinski definition) is 1. The van der Waals surface area contributed by atoms with Crippen LogP contribution in [0.4, 0.5) is 5.69 Å². The van der Waals surface area contributed by atoms with Crippen molar-refractivity contribution in [2.75, 3.05) is 5.32 Å². The topological polar surface area (TPSA) is 72.2 Å². The normalized spacial score (nSPS) is 12.3. The zero-order valence-electron chi connectivity index (χ0n) is 13.4. The molecule has 6 nitrogen and oxygen atoms in total. The molecule has 124 valence electrons. The lowest BCUT2D eigenvalue weighted by Crippen LogP contribution is -2.22. The average molecular weight is 406 g/mol. The summed E-state index contributed by atoms with van der Waals surface area (Å²) in [6, 6.07) is 9.40. The highest BCUT2D eigenvalue weighted by Crippen LogP contribution is 2.22. The zero-order chi connectivity index (χ0) is 17.3. The van der Waals surface area contributed by atoms with E-state index < -0.39 is 0 Å². The van der Waals surface area contributed by atoms with Crippen molar-refractivity contribution in [3.05, 3.63) is 46.2 Å². The second kappa shape index (κ2) is 6.90. The van der Waals surface area contributed by atoms with Gasteiger partial charge in [-0.1, -0.05) is 27.7 Å². The van der Waals surface area contributed by atoms with E-state index in [2.05, 4.69) is 36.3 Å². The minimum atomic E-state index is -0.326. The highest BCUT2D eigenvalue weighted by Gasteiger charge is 2.18. The van der Waals surface area contributed by atoms with Crippen molar-refractivity contribution in [3.8, 4) is 0 Å². The van der Waals surface area contributed by atoms with Crippen LogP contribution in [0.25, 0.3) is 5.78 Å². The van der Waals surface area contributed by atoms with Crippen molar-refractivity contribution >= 4 is 45.1 Å². The molecule has 3 rings (SSSR count). The summed E-state index contributed by atoms with van der Waals surface area (Å²) in [7, 11) is 0. The van der Waals surface area contributed by atoms with Crippen LogP contribution in [0.5, 0.6) is 0 Å². The van der Waals surface area contributed by atoms with E-state index in [4.69, 9.17) is 0 Å². The number of benzene rings is 1. The molecule has 1 N–H and O–H groups in total. The number of hydrogen-bond acceptors (Lipinski definition) is 5. The molecule has 0 spiro atoms. The van der Waals surface area contributed by atoms with E-state index in [1.54, 1.807) is 4.52 Å². The Hall–Kier alpha value is -1.93. The lowest BCUT2D eigenvalue weighted by atomic mass is 10.3. The Balaban J connectivity index is 1.72. The van der Waals surface area contributed by atoms with Crippen LogP contribution in [-0.2, 0) is 4.79 Å². The van der Waals surface area contributed by atoms with Crippen molar-refractivity contribution in [1.29, 1.82) is 0 Å². The van der Waals surface area contributed by atoms with Gasteiger partial charge in [-0.15, -0.1) is 5.10 Å². The molecule has 0 fully saturated rings. The maximum atomic E-state index is 12.3. The monoisotopic (exact) mass is 405 g/mol. The number of nitrogens with zero attached hydrogens (tertiary/aromatic N) is 4. The number of nitrogens with one attached hydrogen (secondary N) is 1. The van der Waals surface area contributed by atoms with Gasteiger partial charge in [0.15, 0.2) is 0 Å². The molecular weight excluding hydrogens is 390 g/mol. The van der Waals surface area contributed by atoms with Crippen molar-refractivity contribution in [1.82, 2.24) is 19.6 Å². The fourth-order valence-corrected chi connectivity index (χ4v) is 3.20. The largest absolute Gasteiger partial charge is 0.325 e. The third-order valence-electron chi connectivity index (χ3n) is 3.36. The Morgan fingerprint density at radius 2 is 1.96 bits per heavy atom. The molecule has 1 atom stereocenters. The van der Waals surface area contributed by atoms with Gasteiger partial charge >= 0.3 is 0 Å². The van der Waals surface area contributed by atoms with Crippen molar-refractivity contribution < 1.29 is 4.79 Å². The van der Waals surface area contributed by atoms with Gasteiger partial charge in [0.2, 0.25) is 11.1 Å². The molecule has 1 amide bonds. The molecule has 2 aromatic heterocycles. The first-order valence-electron chi connectivity index (χ1n) is 7.36. The number of aryl methyl sites for hydroxylation is 2. The number of thioether (sulfide) groups is 1. The predicted octanol–water partition coefficient (Wildman–Crippen LogP) is 3.62. The van der Waals surface area contributed by atoms with Crippen molar-refractivity contribution in [3.63, 3.8) is 0 Å². The first-order valence-corrected chi connectivity index (χ1v) is 9.04. The fourth-order valence-electron chi connectivity index (χ4n) is 2.19. The maximum absolute atomic E-state index is 12.3. The molecule has 3 aromatic rings. The number of anilines is 1. The Morgan fingerprint density at radius 1 is 1.25 bits per heavy atom. The molecule has 2 heterocycles. The first-order chi connectivity index (χ1) is 11.4. The molecule has 0 aliphatic heterocycles. The molecule has 0 unspecified atom stereocenters. The summed E-state index contributed by atoms with van der Waals surface area (Å²) in [5, 5.41) is 7.51. The van der Waals surface area contributed by atoms with E-state index >= 15 is 0 Å². The third kappa shape index (κ3) is 3.76. The predicted molar refractivity (Wildman–Crippen MR) is 98.3 cm³/mol. The van der Waals surface area contributed by atoms with Gasteiger partial charge in [-0.05, 0) is 51.1 Å². The van der Waals surface area contributed by atoms with Crippen molar-refractivity contribution in [2.45, 2.75) is 31.2 Å². The fraction of sp³-hybridized carbons (Fsp3) is 0.250. The molecule has 0 saturated heterocycles. The number of aromatic nitrogens is 4. The summed E-state index contributed by atoms with van der Waals surface area (Å²) in [6.07, 6.45) is 0. The molecule has 0 saturated carbocycles. The minimum Gasteiger partial charge on any atom is -0.325 e. The second-order valence-corrected chi connectivity index (χ2v) is 7.62. The molecule has 0 radical (unpaired) electrons. The van der Waals surface area contributed by atoms with Gasteiger partial charge in [-0.3, -0.25) is 4.79 Å². The molecule has 8 heteroatoms. The van der Waals surface area contributed by atoms with Crippen LogP contribution in [0.15, 0.2) is 40.0 Å². The Morgan fingerprint density at radius 3 is 2.67 bits per heavy atom. The molecule has 1 aromatic carbocycles. The molecular formula is C16H16BrN5OS. The van der Waals surface area contributed by atoms with E-state index in [1.165, 1.54) is 11.8 Å². The number of halogens is 1. The molecule has 0 bridgehead atoms. The average Bonchev–Trinajstić information content (AvgIpc) is 2.92. The van der Waals surface area contributed by atoms with Crippen LogP contribution < -0.4 is 5.32 Å². The Bertz CT molecular complexity index is 893.